The molecule has 7 nitrogen and oxygen atoms in total. The molecule has 0 spiro atoms. The number of ether oxygens (including phenoxy) is 2. The Balaban J connectivity index is 0.00000512. The summed E-state index contributed by atoms with van der Waals surface area (Å²) in [4.78, 5) is 19.9. The van der Waals surface area contributed by atoms with Crippen molar-refractivity contribution in [3.8, 4) is 0 Å². The van der Waals surface area contributed by atoms with Gasteiger partial charge in [0.05, 0.1) is 31.8 Å². The number of carbonyl (C=O) groups excluding carboxylic acids is 1. The molecule has 182 valence electrons. The molecule has 1 aromatic rings. The second-order valence-electron chi connectivity index (χ2n) is 8.07. The number of amides is 1. The molecule has 1 aliphatic rings. The molecule has 1 aromatic carbocycles. The first-order valence-electron chi connectivity index (χ1n) is 11.6. The molecule has 32 heavy (non-hydrogen) atoms. The van der Waals surface area contributed by atoms with Gasteiger partial charge in [0.15, 0.2) is 5.96 Å². The number of hydrogen-bond donors (Lipinski definition) is 2. The highest BCUT2D eigenvalue weighted by Crippen LogP contribution is 2.20. The number of carbonyl (C=O) groups is 1. The third kappa shape index (κ3) is 9.62. The Hall–Kier alpha value is -1.39. The van der Waals surface area contributed by atoms with Crippen molar-refractivity contribution in [1.29, 1.82) is 0 Å². The fraction of sp³-hybridized carbons (Fsp3) is 0.667. The van der Waals surface area contributed by atoms with Gasteiger partial charge in [-0.1, -0.05) is 44.2 Å². The van der Waals surface area contributed by atoms with E-state index in [2.05, 4.69) is 24.5 Å². The van der Waals surface area contributed by atoms with E-state index in [1.165, 1.54) is 0 Å². The van der Waals surface area contributed by atoms with Crippen LogP contribution in [-0.4, -0.2) is 75.4 Å². The van der Waals surface area contributed by atoms with Crippen molar-refractivity contribution in [3.63, 3.8) is 0 Å². The standard InChI is InChI=1S/C24H40N4O3.HI/c1-5-25-24(26-13-12-22(19(3)4)31-6-2)27-18-21(20-10-8-7-9-11-20)23(29)28-14-16-30-17-15-28;/h7-11,19,21-22H,5-6,12-18H2,1-4H3,(H2,25,26,27);1H. The minimum Gasteiger partial charge on any atom is -0.378 e. The molecule has 0 aliphatic carbocycles. The number of nitrogens with zero attached hydrogens (tertiary/aromatic N) is 2. The lowest BCUT2D eigenvalue weighted by atomic mass is 9.97. The second kappa shape index (κ2) is 16.3. The molecule has 1 heterocycles. The van der Waals surface area contributed by atoms with E-state index in [1.54, 1.807) is 0 Å². The van der Waals surface area contributed by atoms with E-state index < -0.39 is 0 Å². The van der Waals surface area contributed by atoms with Crippen molar-refractivity contribution >= 4 is 35.8 Å². The molecular weight excluding hydrogens is 519 g/mol. The van der Waals surface area contributed by atoms with Crippen LogP contribution in [-0.2, 0) is 14.3 Å². The fourth-order valence-corrected chi connectivity index (χ4v) is 3.70. The third-order valence-electron chi connectivity index (χ3n) is 5.44. The Bertz CT molecular complexity index is 666. The highest BCUT2D eigenvalue weighted by Gasteiger charge is 2.27. The zero-order valence-electron chi connectivity index (χ0n) is 20.0. The number of rotatable bonds is 11. The predicted molar refractivity (Wildman–Crippen MR) is 141 cm³/mol. The van der Waals surface area contributed by atoms with Gasteiger partial charge in [-0.05, 0) is 31.7 Å². The molecule has 1 saturated heterocycles. The van der Waals surface area contributed by atoms with Gasteiger partial charge >= 0.3 is 0 Å². The molecular formula is C24H41IN4O3. The van der Waals surface area contributed by atoms with Crippen molar-refractivity contribution in [2.75, 3.05) is 52.5 Å². The minimum absolute atomic E-state index is 0. The maximum Gasteiger partial charge on any atom is 0.232 e. The zero-order valence-corrected chi connectivity index (χ0v) is 22.3. The molecule has 0 aromatic heterocycles. The number of nitrogens with one attached hydrogen (secondary N) is 2. The summed E-state index contributed by atoms with van der Waals surface area (Å²) in [7, 11) is 0. The van der Waals surface area contributed by atoms with Gasteiger partial charge in [0, 0.05) is 32.8 Å². The highest BCUT2D eigenvalue weighted by molar-refractivity contribution is 14.0. The average Bonchev–Trinajstić information content (AvgIpc) is 2.79. The van der Waals surface area contributed by atoms with Gasteiger partial charge in [0.25, 0.3) is 0 Å². The van der Waals surface area contributed by atoms with Crippen molar-refractivity contribution in [3.05, 3.63) is 35.9 Å². The number of halogens is 1. The number of morpholine rings is 1. The first-order valence-corrected chi connectivity index (χ1v) is 11.6. The van der Waals surface area contributed by atoms with Crippen molar-refractivity contribution < 1.29 is 14.3 Å². The van der Waals surface area contributed by atoms with E-state index in [0.29, 0.717) is 38.8 Å². The largest absolute Gasteiger partial charge is 0.378 e. The molecule has 2 atom stereocenters. The SMILES string of the molecule is CCNC(=NCC(C(=O)N1CCOCC1)c1ccccc1)NCCC(OCC)C(C)C.I. The summed E-state index contributed by atoms with van der Waals surface area (Å²) in [5, 5.41) is 6.70. The van der Waals surface area contributed by atoms with Crippen LogP contribution in [0.1, 0.15) is 45.6 Å². The van der Waals surface area contributed by atoms with Crippen LogP contribution in [0.3, 0.4) is 0 Å². The molecule has 0 radical (unpaired) electrons. The van der Waals surface area contributed by atoms with Gasteiger partial charge in [0.1, 0.15) is 0 Å². The van der Waals surface area contributed by atoms with Gasteiger partial charge in [0.2, 0.25) is 5.91 Å². The summed E-state index contributed by atoms with van der Waals surface area (Å²) >= 11 is 0. The first-order chi connectivity index (χ1) is 15.1. The van der Waals surface area contributed by atoms with Crippen LogP contribution >= 0.6 is 24.0 Å². The van der Waals surface area contributed by atoms with Crippen molar-refractivity contribution in [2.24, 2.45) is 10.9 Å². The molecule has 8 heteroatoms. The molecule has 2 N–H and O–H groups in total. The molecule has 1 aliphatic heterocycles. The van der Waals surface area contributed by atoms with Gasteiger partial charge in [-0.3, -0.25) is 9.79 Å². The summed E-state index contributed by atoms with van der Waals surface area (Å²) in [6, 6.07) is 9.93. The van der Waals surface area contributed by atoms with Crippen LogP contribution in [0.5, 0.6) is 0 Å². The summed E-state index contributed by atoms with van der Waals surface area (Å²) in [6.45, 7) is 13.5. The topological polar surface area (TPSA) is 75.2 Å². The van der Waals surface area contributed by atoms with Crippen LogP contribution in [0.2, 0.25) is 0 Å². The molecule has 2 unspecified atom stereocenters. The minimum atomic E-state index is -0.304. The fourth-order valence-electron chi connectivity index (χ4n) is 3.70. The summed E-state index contributed by atoms with van der Waals surface area (Å²) < 4.78 is 11.3. The summed E-state index contributed by atoms with van der Waals surface area (Å²) in [5.74, 6) is 1.01. The Morgan fingerprint density at radius 3 is 2.44 bits per heavy atom. The van der Waals surface area contributed by atoms with Gasteiger partial charge in [-0.2, -0.15) is 0 Å². The quantitative estimate of drug-likeness (QED) is 0.247. The Labute approximate surface area is 210 Å². The lowest BCUT2D eigenvalue weighted by molar-refractivity contribution is -0.136. The Morgan fingerprint density at radius 1 is 1.16 bits per heavy atom. The highest BCUT2D eigenvalue weighted by atomic mass is 127. The lowest BCUT2D eigenvalue weighted by Gasteiger charge is -2.30. The van der Waals surface area contributed by atoms with Crippen LogP contribution in [0.15, 0.2) is 35.3 Å². The Morgan fingerprint density at radius 2 is 1.84 bits per heavy atom. The average molecular weight is 561 g/mol. The first kappa shape index (κ1) is 28.6. The van der Waals surface area contributed by atoms with Gasteiger partial charge in [-0.15, -0.1) is 24.0 Å². The molecule has 1 fully saturated rings. The van der Waals surface area contributed by atoms with E-state index in [1.807, 2.05) is 49.1 Å². The maximum atomic E-state index is 13.3. The summed E-state index contributed by atoms with van der Waals surface area (Å²) in [6.07, 6.45) is 1.13. The molecule has 1 amide bonds. The van der Waals surface area contributed by atoms with Crippen LogP contribution < -0.4 is 10.6 Å². The van der Waals surface area contributed by atoms with Crippen LogP contribution in [0, 0.1) is 5.92 Å². The molecule has 0 saturated carbocycles. The smallest absolute Gasteiger partial charge is 0.232 e. The monoisotopic (exact) mass is 560 g/mol. The number of benzene rings is 1. The zero-order chi connectivity index (χ0) is 22.5. The van der Waals surface area contributed by atoms with E-state index >= 15 is 0 Å². The normalized spacial score (nSPS) is 16.3. The van der Waals surface area contributed by atoms with E-state index in [4.69, 9.17) is 14.5 Å². The van der Waals surface area contributed by atoms with Crippen LogP contribution in [0.4, 0.5) is 0 Å². The van der Waals surface area contributed by atoms with E-state index in [0.717, 1.165) is 37.6 Å². The number of aliphatic imine (C=N–C) groups is 1. The number of guanidine groups is 1. The van der Waals surface area contributed by atoms with Crippen molar-refractivity contribution in [1.82, 2.24) is 15.5 Å². The number of hydrogen-bond acceptors (Lipinski definition) is 4. The van der Waals surface area contributed by atoms with Gasteiger partial charge in [-0.25, -0.2) is 0 Å². The summed E-state index contributed by atoms with van der Waals surface area (Å²) in [5.41, 5.74) is 0.995. The molecule has 0 bridgehead atoms. The Kier molecular flexibility index (Phi) is 14.6. The molecule has 2 rings (SSSR count). The van der Waals surface area contributed by atoms with E-state index in [-0.39, 0.29) is 41.9 Å². The maximum absolute atomic E-state index is 13.3. The predicted octanol–water partition coefficient (Wildman–Crippen LogP) is 3.25. The third-order valence-corrected chi connectivity index (χ3v) is 5.44. The van der Waals surface area contributed by atoms with E-state index in [9.17, 15) is 4.79 Å². The second-order valence-corrected chi connectivity index (χ2v) is 8.07. The van der Waals surface area contributed by atoms with Crippen molar-refractivity contribution in [2.45, 2.75) is 46.1 Å². The van der Waals surface area contributed by atoms with Gasteiger partial charge < -0.3 is 25.0 Å². The van der Waals surface area contributed by atoms with Crippen LogP contribution in [0.25, 0.3) is 0 Å². The lowest BCUT2D eigenvalue weighted by Crippen LogP contribution is -2.44.